The van der Waals surface area contributed by atoms with Gasteiger partial charge in [0.1, 0.15) is 0 Å². The second-order valence-corrected chi connectivity index (χ2v) is 6.48. The lowest BCUT2D eigenvalue weighted by Gasteiger charge is -2.05. The van der Waals surface area contributed by atoms with Crippen LogP contribution in [0.1, 0.15) is 17.7 Å². The molecule has 25 heavy (non-hydrogen) atoms. The van der Waals surface area contributed by atoms with Crippen molar-refractivity contribution in [1.29, 1.82) is 0 Å². The van der Waals surface area contributed by atoms with Crippen molar-refractivity contribution in [3.63, 3.8) is 0 Å². The molecule has 8 heteroatoms. The maximum Gasteiger partial charge on any atom is 0.226 e. The Kier molecular flexibility index (Phi) is 5.40. The number of carbonyl (C=O) groups excluding carboxylic acids is 1. The summed E-state index contributed by atoms with van der Waals surface area (Å²) in [4.78, 5) is 12.0. The van der Waals surface area contributed by atoms with Crippen molar-refractivity contribution in [1.82, 2.24) is 19.6 Å². The molecule has 2 heterocycles. The van der Waals surface area contributed by atoms with Gasteiger partial charge in [-0.25, -0.2) is 0 Å². The summed E-state index contributed by atoms with van der Waals surface area (Å²) in [5.74, 6) is -0.0796. The molecule has 6 nitrogen and oxygen atoms in total. The minimum atomic E-state index is -0.0796. The van der Waals surface area contributed by atoms with Crippen LogP contribution in [-0.4, -0.2) is 25.5 Å². The Balaban J connectivity index is 1.55. The topological polar surface area (TPSA) is 64.7 Å². The van der Waals surface area contributed by atoms with Crippen molar-refractivity contribution < 1.29 is 4.79 Å². The van der Waals surface area contributed by atoms with Crippen LogP contribution in [0.15, 0.2) is 42.9 Å². The number of halogens is 2. The Morgan fingerprint density at radius 1 is 1.20 bits per heavy atom. The van der Waals surface area contributed by atoms with E-state index in [1.54, 1.807) is 40.1 Å². The lowest BCUT2D eigenvalue weighted by molar-refractivity contribution is -0.116. The van der Waals surface area contributed by atoms with E-state index in [0.717, 1.165) is 11.3 Å². The molecule has 1 aromatic carbocycles. The fraction of sp³-hybridized carbons (Fsp3) is 0.235. The van der Waals surface area contributed by atoms with E-state index < -0.39 is 0 Å². The quantitative estimate of drug-likeness (QED) is 0.710. The van der Waals surface area contributed by atoms with Crippen molar-refractivity contribution in [2.75, 3.05) is 5.32 Å². The minimum Gasteiger partial charge on any atom is -0.323 e. The van der Waals surface area contributed by atoms with Crippen LogP contribution in [0, 0.1) is 6.92 Å². The Morgan fingerprint density at radius 3 is 2.76 bits per heavy atom. The van der Waals surface area contributed by atoms with E-state index in [4.69, 9.17) is 23.2 Å². The molecule has 0 aliphatic rings. The summed E-state index contributed by atoms with van der Waals surface area (Å²) in [5, 5.41) is 12.3. The third-order valence-electron chi connectivity index (χ3n) is 3.73. The molecule has 0 radical (unpaired) electrons. The number of hydrogen-bond donors (Lipinski definition) is 1. The van der Waals surface area contributed by atoms with Gasteiger partial charge >= 0.3 is 0 Å². The number of hydrogen-bond acceptors (Lipinski definition) is 3. The molecule has 1 amide bonds. The summed E-state index contributed by atoms with van der Waals surface area (Å²) in [5.41, 5.74) is 2.66. The highest BCUT2D eigenvalue weighted by Crippen LogP contribution is 2.23. The number of rotatable bonds is 6. The largest absolute Gasteiger partial charge is 0.323 e. The molecule has 3 aromatic rings. The van der Waals surface area contributed by atoms with Gasteiger partial charge in [-0.15, -0.1) is 0 Å². The predicted octanol–water partition coefficient (Wildman–Crippen LogP) is 3.77. The third-order valence-corrected chi connectivity index (χ3v) is 4.46. The molecular formula is C17H17Cl2N5O. The first-order valence-electron chi connectivity index (χ1n) is 7.76. The number of carbonyl (C=O) groups is 1. The van der Waals surface area contributed by atoms with E-state index in [0.29, 0.717) is 35.2 Å². The summed E-state index contributed by atoms with van der Waals surface area (Å²) in [6, 6.07) is 7.35. The molecule has 0 spiro atoms. The van der Waals surface area contributed by atoms with Crippen molar-refractivity contribution >= 4 is 34.8 Å². The lowest BCUT2D eigenvalue weighted by atomic mass is 10.2. The monoisotopic (exact) mass is 377 g/mol. The van der Waals surface area contributed by atoms with Gasteiger partial charge in [0.15, 0.2) is 0 Å². The van der Waals surface area contributed by atoms with Crippen molar-refractivity contribution in [2.45, 2.75) is 26.4 Å². The van der Waals surface area contributed by atoms with E-state index in [-0.39, 0.29) is 5.91 Å². The van der Waals surface area contributed by atoms with Crippen LogP contribution in [0.3, 0.4) is 0 Å². The molecule has 0 saturated heterocycles. The normalized spacial score (nSPS) is 10.8. The number of nitrogens with zero attached hydrogens (tertiary/aromatic N) is 4. The van der Waals surface area contributed by atoms with Crippen LogP contribution in [0.25, 0.3) is 0 Å². The molecule has 0 saturated carbocycles. The Bertz CT molecular complexity index is 887. The molecule has 3 rings (SSSR count). The highest BCUT2D eigenvalue weighted by atomic mass is 35.5. The first kappa shape index (κ1) is 17.5. The zero-order chi connectivity index (χ0) is 17.8. The smallest absolute Gasteiger partial charge is 0.226 e. The van der Waals surface area contributed by atoms with Crippen molar-refractivity contribution in [3.05, 3.63) is 64.2 Å². The van der Waals surface area contributed by atoms with E-state index in [1.165, 1.54) is 0 Å². The summed E-state index contributed by atoms with van der Waals surface area (Å²) < 4.78 is 3.53. The number of benzene rings is 1. The maximum absolute atomic E-state index is 12.0. The van der Waals surface area contributed by atoms with Gasteiger partial charge < -0.3 is 5.32 Å². The van der Waals surface area contributed by atoms with E-state index in [9.17, 15) is 4.79 Å². The molecule has 0 bridgehead atoms. The zero-order valence-electron chi connectivity index (χ0n) is 13.6. The molecule has 0 aliphatic heterocycles. The number of amides is 1. The fourth-order valence-corrected chi connectivity index (χ4v) is 2.72. The summed E-state index contributed by atoms with van der Waals surface area (Å²) >= 11 is 11.9. The average molecular weight is 378 g/mol. The molecule has 0 fully saturated rings. The van der Waals surface area contributed by atoms with Gasteiger partial charge in [0.25, 0.3) is 0 Å². The standard InChI is InChI=1S/C17H17Cl2N5O/c1-12-4-6-20-24(12)7-5-17(25)22-14-9-21-23(11-14)10-13-2-3-15(18)16(19)8-13/h2-4,6,8-9,11H,5,7,10H2,1H3,(H,22,25). The van der Waals surface area contributed by atoms with Gasteiger partial charge in [0.05, 0.1) is 28.5 Å². The van der Waals surface area contributed by atoms with Crippen LogP contribution in [0.4, 0.5) is 5.69 Å². The maximum atomic E-state index is 12.0. The van der Waals surface area contributed by atoms with Crippen molar-refractivity contribution in [3.8, 4) is 0 Å². The predicted molar refractivity (Wildman–Crippen MR) is 98.0 cm³/mol. The van der Waals surface area contributed by atoms with Gasteiger partial charge in [0, 0.05) is 31.1 Å². The molecule has 2 aromatic heterocycles. The van der Waals surface area contributed by atoms with Crippen LogP contribution in [0.5, 0.6) is 0 Å². The minimum absolute atomic E-state index is 0.0796. The zero-order valence-corrected chi connectivity index (χ0v) is 15.1. The Labute approximate surface area is 155 Å². The second-order valence-electron chi connectivity index (χ2n) is 5.67. The third kappa shape index (κ3) is 4.61. The van der Waals surface area contributed by atoms with Gasteiger partial charge in [0.2, 0.25) is 5.91 Å². The number of aromatic nitrogens is 4. The molecular weight excluding hydrogens is 361 g/mol. The number of aryl methyl sites for hydroxylation is 2. The SMILES string of the molecule is Cc1ccnn1CCC(=O)Nc1cnn(Cc2ccc(Cl)c(Cl)c2)c1. The highest BCUT2D eigenvalue weighted by Gasteiger charge is 2.07. The first-order chi connectivity index (χ1) is 12.0. The molecule has 130 valence electrons. The summed E-state index contributed by atoms with van der Waals surface area (Å²) in [7, 11) is 0. The summed E-state index contributed by atoms with van der Waals surface area (Å²) in [6.07, 6.45) is 5.47. The number of anilines is 1. The van der Waals surface area contributed by atoms with E-state index in [2.05, 4.69) is 15.5 Å². The first-order valence-corrected chi connectivity index (χ1v) is 8.51. The van der Waals surface area contributed by atoms with Crippen LogP contribution >= 0.6 is 23.2 Å². The van der Waals surface area contributed by atoms with Gasteiger partial charge in [-0.2, -0.15) is 10.2 Å². The Morgan fingerprint density at radius 2 is 2.04 bits per heavy atom. The van der Waals surface area contributed by atoms with Crippen LogP contribution in [0.2, 0.25) is 10.0 Å². The fourth-order valence-electron chi connectivity index (χ4n) is 2.40. The second kappa shape index (κ2) is 7.72. The Hall–Kier alpha value is -2.31. The highest BCUT2D eigenvalue weighted by molar-refractivity contribution is 6.42. The van der Waals surface area contributed by atoms with Crippen LogP contribution < -0.4 is 5.32 Å². The van der Waals surface area contributed by atoms with E-state index >= 15 is 0 Å². The number of nitrogens with one attached hydrogen (secondary N) is 1. The van der Waals surface area contributed by atoms with E-state index in [1.807, 2.05) is 19.1 Å². The molecule has 0 atom stereocenters. The molecule has 1 N–H and O–H groups in total. The van der Waals surface area contributed by atoms with Crippen molar-refractivity contribution in [2.24, 2.45) is 0 Å². The molecule has 0 aliphatic carbocycles. The molecule has 0 unspecified atom stereocenters. The lowest BCUT2D eigenvalue weighted by Crippen LogP contribution is -2.15. The average Bonchev–Trinajstić information content (AvgIpc) is 3.18. The van der Waals surface area contributed by atoms with Crippen LogP contribution in [-0.2, 0) is 17.9 Å². The van der Waals surface area contributed by atoms with Gasteiger partial charge in [-0.1, -0.05) is 29.3 Å². The van der Waals surface area contributed by atoms with Gasteiger partial charge in [-0.05, 0) is 30.7 Å². The summed E-state index contributed by atoms with van der Waals surface area (Å²) in [6.45, 7) is 3.04. The van der Waals surface area contributed by atoms with Gasteiger partial charge in [-0.3, -0.25) is 14.2 Å².